The molecule has 0 radical (unpaired) electrons. The molecule has 0 bridgehead atoms. The van der Waals surface area contributed by atoms with Crippen LogP contribution in [0.25, 0.3) is 0 Å². The van der Waals surface area contributed by atoms with E-state index < -0.39 is 0 Å². The van der Waals surface area contributed by atoms with Crippen LogP contribution in [0.1, 0.15) is 39.4 Å². The number of aromatic nitrogens is 5. The number of rotatable bonds is 5. The second-order valence-electron chi connectivity index (χ2n) is 7.53. The Morgan fingerprint density at radius 1 is 1.33 bits per heavy atom. The standard InChI is InChI=1S/C17H27N7/c1-17(2,3)24-16(18-13-20-24)12-22(4)11-14-7-6-10-23(14)15-8-5-9-19-21-15/h5,8-9,13-14H,6-7,10-12H2,1-4H3/t14-/m1/s1. The van der Waals surface area contributed by atoms with Crippen molar-refractivity contribution in [3.8, 4) is 0 Å². The predicted octanol–water partition coefficient (Wildman–Crippen LogP) is 1.92. The van der Waals surface area contributed by atoms with Crippen LogP contribution < -0.4 is 4.90 Å². The monoisotopic (exact) mass is 329 g/mol. The summed E-state index contributed by atoms with van der Waals surface area (Å²) in [6.07, 6.45) is 5.76. The first kappa shape index (κ1) is 16.8. The van der Waals surface area contributed by atoms with E-state index in [1.54, 1.807) is 12.5 Å². The van der Waals surface area contributed by atoms with Gasteiger partial charge in [-0.25, -0.2) is 9.67 Å². The lowest BCUT2D eigenvalue weighted by Crippen LogP contribution is -2.40. The predicted molar refractivity (Wildman–Crippen MR) is 93.8 cm³/mol. The zero-order valence-electron chi connectivity index (χ0n) is 15.1. The van der Waals surface area contributed by atoms with E-state index in [0.717, 1.165) is 31.3 Å². The maximum atomic E-state index is 4.45. The molecule has 1 saturated heterocycles. The van der Waals surface area contributed by atoms with Crippen molar-refractivity contribution in [1.29, 1.82) is 0 Å². The summed E-state index contributed by atoms with van der Waals surface area (Å²) >= 11 is 0. The van der Waals surface area contributed by atoms with Gasteiger partial charge in [0, 0.05) is 25.3 Å². The fourth-order valence-corrected chi connectivity index (χ4v) is 3.37. The number of hydrogen-bond acceptors (Lipinski definition) is 6. The number of nitrogens with zero attached hydrogens (tertiary/aromatic N) is 7. The van der Waals surface area contributed by atoms with E-state index in [0.29, 0.717) is 6.04 Å². The molecule has 0 spiro atoms. The van der Waals surface area contributed by atoms with Crippen LogP contribution in [0.15, 0.2) is 24.7 Å². The smallest absolute Gasteiger partial charge is 0.151 e. The van der Waals surface area contributed by atoms with Gasteiger partial charge < -0.3 is 4.90 Å². The molecule has 1 aliphatic rings. The molecule has 2 aromatic heterocycles. The summed E-state index contributed by atoms with van der Waals surface area (Å²) in [4.78, 5) is 9.15. The molecule has 0 saturated carbocycles. The summed E-state index contributed by atoms with van der Waals surface area (Å²) < 4.78 is 2.01. The SMILES string of the molecule is CN(Cc1ncnn1C(C)(C)C)C[C@H]1CCCN1c1cccnn1. The van der Waals surface area contributed by atoms with Crippen molar-refractivity contribution in [1.82, 2.24) is 29.9 Å². The van der Waals surface area contributed by atoms with Crippen LogP contribution in [-0.4, -0.2) is 56.0 Å². The molecule has 0 aromatic carbocycles. The minimum atomic E-state index is -0.0499. The van der Waals surface area contributed by atoms with Crippen LogP contribution in [-0.2, 0) is 12.1 Å². The Morgan fingerprint density at radius 2 is 2.17 bits per heavy atom. The van der Waals surface area contributed by atoms with E-state index in [4.69, 9.17) is 0 Å². The second-order valence-corrected chi connectivity index (χ2v) is 7.53. The molecule has 130 valence electrons. The van der Waals surface area contributed by atoms with Crippen LogP contribution in [0, 0.1) is 0 Å². The van der Waals surface area contributed by atoms with E-state index in [-0.39, 0.29) is 5.54 Å². The maximum Gasteiger partial charge on any atom is 0.151 e. The summed E-state index contributed by atoms with van der Waals surface area (Å²) in [6.45, 7) is 9.28. The average molecular weight is 329 g/mol. The van der Waals surface area contributed by atoms with E-state index in [1.807, 2.05) is 16.8 Å². The van der Waals surface area contributed by atoms with Gasteiger partial charge in [-0.2, -0.15) is 10.2 Å². The van der Waals surface area contributed by atoms with Crippen LogP contribution >= 0.6 is 0 Å². The zero-order chi connectivity index (χ0) is 17.2. The molecule has 2 aromatic rings. The van der Waals surface area contributed by atoms with Gasteiger partial charge >= 0.3 is 0 Å². The zero-order valence-corrected chi connectivity index (χ0v) is 15.1. The van der Waals surface area contributed by atoms with Gasteiger partial charge in [0.2, 0.25) is 0 Å². The lowest BCUT2D eigenvalue weighted by atomic mass is 10.1. The lowest BCUT2D eigenvalue weighted by molar-refractivity contribution is 0.267. The fraction of sp³-hybridized carbons (Fsp3) is 0.647. The summed E-state index contributed by atoms with van der Waals surface area (Å²) in [5.41, 5.74) is -0.0499. The minimum absolute atomic E-state index is 0.0499. The third kappa shape index (κ3) is 3.72. The highest BCUT2D eigenvalue weighted by Gasteiger charge is 2.27. The van der Waals surface area contributed by atoms with Gasteiger partial charge in [0.25, 0.3) is 0 Å². The van der Waals surface area contributed by atoms with Gasteiger partial charge in [0.05, 0.1) is 12.1 Å². The highest BCUT2D eigenvalue weighted by molar-refractivity contribution is 5.39. The van der Waals surface area contributed by atoms with Crippen molar-refractivity contribution in [3.63, 3.8) is 0 Å². The summed E-state index contributed by atoms with van der Waals surface area (Å²) in [5.74, 6) is 1.99. The molecule has 1 fully saturated rings. The van der Waals surface area contributed by atoms with Gasteiger partial charge in [-0.1, -0.05) is 0 Å². The molecule has 7 heteroatoms. The second kappa shape index (κ2) is 6.84. The van der Waals surface area contributed by atoms with Crippen molar-refractivity contribution in [2.45, 2.75) is 51.7 Å². The van der Waals surface area contributed by atoms with Crippen molar-refractivity contribution in [2.75, 3.05) is 25.0 Å². The molecule has 0 amide bonds. The van der Waals surface area contributed by atoms with Crippen molar-refractivity contribution >= 4 is 5.82 Å². The van der Waals surface area contributed by atoms with E-state index in [9.17, 15) is 0 Å². The molecule has 3 heterocycles. The molecule has 7 nitrogen and oxygen atoms in total. The highest BCUT2D eigenvalue weighted by Crippen LogP contribution is 2.24. The van der Waals surface area contributed by atoms with Gasteiger partial charge in [-0.3, -0.25) is 4.90 Å². The Labute approximate surface area is 143 Å². The van der Waals surface area contributed by atoms with Crippen LogP contribution in [0.5, 0.6) is 0 Å². The van der Waals surface area contributed by atoms with Crippen molar-refractivity contribution in [3.05, 3.63) is 30.5 Å². The first-order valence-corrected chi connectivity index (χ1v) is 8.57. The molecule has 0 N–H and O–H groups in total. The Kier molecular flexibility index (Phi) is 4.80. The van der Waals surface area contributed by atoms with E-state index in [1.165, 1.54) is 12.8 Å². The van der Waals surface area contributed by atoms with Gasteiger partial charge in [-0.05, 0) is 52.8 Å². The quantitative estimate of drug-likeness (QED) is 0.835. The van der Waals surface area contributed by atoms with Gasteiger partial charge in [0.15, 0.2) is 5.82 Å². The molecular weight excluding hydrogens is 302 g/mol. The number of hydrogen-bond donors (Lipinski definition) is 0. The normalized spacial score (nSPS) is 18.5. The molecule has 0 aliphatic carbocycles. The largest absolute Gasteiger partial charge is 0.351 e. The van der Waals surface area contributed by atoms with Crippen LogP contribution in [0.3, 0.4) is 0 Å². The first-order chi connectivity index (χ1) is 11.4. The molecule has 24 heavy (non-hydrogen) atoms. The topological polar surface area (TPSA) is 63.0 Å². The molecular formula is C17H27N7. The lowest BCUT2D eigenvalue weighted by Gasteiger charge is -2.29. The van der Waals surface area contributed by atoms with Crippen molar-refractivity contribution < 1.29 is 0 Å². The maximum absolute atomic E-state index is 4.45. The molecule has 0 unspecified atom stereocenters. The summed E-state index contributed by atoms with van der Waals surface area (Å²) in [6, 6.07) is 4.46. The fourth-order valence-electron chi connectivity index (χ4n) is 3.37. The van der Waals surface area contributed by atoms with Gasteiger partial charge in [0.1, 0.15) is 12.2 Å². The molecule has 1 atom stereocenters. The number of anilines is 1. The molecule has 1 aliphatic heterocycles. The van der Waals surface area contributed by atoms with E-state index in [2.05, 4.69) is 57.9 Å². The summed E-state index contributed by atoms with van der Waals surface area (Å²) in [5, 5.41) is 12.7. The Morgan fingerprint density at radius 3 is 2.88 bits per heavy atom. The van der Waals surface area contributed by atoms with Crippen LogP contribution in [0.2, 0.25) is 0 Å². The Hall–Kier alpha value is -2.02. The third-order valence-electron chi connectivity index (χ3n) is 4.42. The highest BCUT2D eigenvalue weighted by atomic mass is 15.4. The minimum Gasteiger partial charge on any atom is -0.351 e. The van der Waals surface area contributed by atoms with Crippen molar-refractivity contribution in [2.24, 2.45) is 0 Å². The molecule has 3 rings (SSSR count). The van der Waals surface area contributed by atoms with E-state index >= 15 is 0 Å². The Balaban J connectivity index is 1.65. The number of likely N-dealkylation sites (N-methyl/N-ethyl adjacent to an activating group) is 1. The first-order valence-electron chi connectivity index (χ1n) is 8.57. The average Bonchev–Trinajstić information content (AvgIpc) is 3.17. The third-order valence-corrected chi connectivity index (χ3v) is 4.42. The summed E-state index contributed by atoms with van der Waals surface area (Å²) in [7, 11) is 2.15. The van der Waals surface area contributed by atoms with Gasteiger partial charge in [-0.15, -0.1) is 5.10 Å². The van der Waals surface area contributed by atoms with Crippen LogP contribution in [0.4, 0.5) is 5.82 Å². The Bertz CT molecular complexity index is 646.